The first-order valence-electron chi connectivity index (χ1n) is 37.6. The van der Waals surface area contributed by atoms with Crippen molar-refractivity contribution >= 4 is 12.3 Å². The molecule has 27 unspecified atom stereocenters. The van der Waals surface area contributed by atoms with Gasteiger partial charge in [0.15, 0.2) is 0 Å². The van der Waals surface area contributed by atoms with E-state index in [0.717, 1.165) is 112 Å². The summed E-state index contributed by atoms with van der Waals surface area (Å²) in [5.74, 6) is 7.13. The molecule has 0 aromatic heterocycles. The van der Waals surface area contributed by atoms with Crippen molar-refractivity contribution in [1.82, 2.24) is 5.32 Å². The number of rotatable bonds is 6. The van der Waals surface area contributed by atoms with Gasteiger partial charge in [-0.2, -0.15) is 0 Å². The van der Waals surface area contributed by atoms with Crippen molar-refractivity contribution in [2.24, 2.45) is 105 Å². The Morgan fingerprint density at radius 3 is 2.30 bits per heavy atom. The zero-order chi connectivity index (χ0) is 63.9. The van der Waals surface area contributed by atoms with Gasteiger partial charge >= 0.3 is 5.97 Å². The number of esters is 1. The van der Waals surface area contributed by atoms with Gasteiger partial charge in [0.05, 0.1) is 35.9 Å². The fourth-order valence-electron chi connectivity index (χ4n) is 27.9. The Labute approximate surface area is 557 Å². The number of nitrogens with one attached hydrogen (secondary N) is 1. The standard InChI is InChI=1S/C84H101NO9/c1-49-57-20-19-53(34-57)33-51-13-9-14-52(32-51)35-64-40-63-37-61-36-59(55-15-7-4-8-16-55)22-23-68(61)81(63)47-80(48-87)72-27-30-79-46-78(28-25-54(43-78)31-50-11-5-3-6-12-50)29-26-56-17-10-18-60(45-86)65(56)41-71(85-2)66-38-62(74(79)67-42-73(88)94-75(66)67)44-82(79,90)84(72,92)76(89)70-39-58(49)21-24-69(77(81)93-64)83(70,80)91/h3-18,32,42,48-49,53-54,57-59,61-64,66,68-72,74-77,85-86,89-92H,19-25,27-28,30-31,33-41,43-47H2,1-2H3. The van der Waals surface area contributed by atoms with Crippen LogP contribution in [0.25, 0.3) is 0 Å². The minimum absolute atomic E-state index is 0.0842. The molecule has 0 radical (unpaired) electrons. The summed E-state index contributed by atoms with van der Waals surface area (Å²) in [6, 6.07) is 37.1. The molecule has 4 aromatic rings. The molecule has 10 saturated carbocycles. The monoisotopic (exact) mass is 1270 g/mol. The lowest BCUT2D eigenvalue weighted by atomic mass is 9.31. The first kappa shape index (κ1) is 61.4. The molecule has 0 amide bonds. The molecule has 10 heteroatoms. The first-order chi connectivity index (χ1) is 45.6. The third-order valence-corrected chi connectivity index (χ3v) is 31.3. The Morgan fingerprint density at radius 2 is 1.49 bits per heavy atom. The molecule has 15 aliphatic rings. The molecule has 4 aromatic carbocycles. The van der Waals surface area contributed by atoms with Gasteiger partial charge in [-0.3, -0.25) is 0 Å². The number of fused-ring (bicyclic) bond motifs is 12. The Morgan fingerprint density at radius 1 is 0.713 bits per heavy atom. The van der Waals surface area contributed by atoms with Crippen LogP contribution in [0.1, 0.15) is 180 Å². The molecule has 3 spiro atoms. The summed E-state index contributed by atoms with van der Waals surface area (Å²) in [5.41, 5.74) is -0.916. The molecular weight excluding hydrogens is 1170 g/mol. The minimum Gasteiger partial charge on any atom is -0.454 e. The van der Waals surface area contributed by atoms with Crippen LogP contribution in [0, 0.1) is 116 Å². The molecule has 6 N–H and O–H groups in total. The van der Waals surface area contributed by atoms with E-state index in [1.807, 2.05) is 19.2 Å². The lowest BCUT2D eigenvalue weighted by Gasteiger charge is -2.76. The largest absolute Gasteiger partial charge is 0.454 e. The quantitative estimate of drug-likeness (QED) is 0.0622. The number of benzene rings is 4. The molecule has 10 nitrogen and oxygen atoms in total. The van der Waals surface area contributed by atoms with Crippen molar-refractivity contribution in [1.29, 1.82) is 0 Å². The van der Waals surface area contributed by atoms with E-state index >= 15 is 20.1 Å². The number of aliphatic hydroxyl groups is 5. The summed E-state index contributed by atoms with van der Waals surface area (Å²) in [7, 11) is 1.97. The Kier molecular flexibility index (Phi) is 14.5. The zero-order valence-electron chi connectivity index (χ0n) is 55.6. The molecule has 1 saturated heterocycles. The maximum atomic E-state index is 16.3. The van der Waals surface area contributed by atoms with Gasteiger partial charge in [-0.15, -0.1) is 0 Å². The fourth-order valence-corrected chi connectivity index (χ4v) is 27.9. The van der Waals surface area contributed by atoms with E-state index in [1.165, 1.54) is 35.0 Å². The third kappa shape index (κ3) is 8.58. The van der Waals surface area contributed by atoms with E-state index in [0.29, 0.717) is 75.0 Å². The van der Waals surface area contributed by atoms with Gasteiger partial charge in [-0.1, -0.05) is 116 Å². The Hall–Kier alpha value is -4.96. The summed E-state index contributed by atoms with van der Waals surface area (Å²) in [4.78, 5) is 30.7. The molecule has 19 rings (SSSR count). The Balaban J connectivity index is 0.838. The highest BCUT2D eigenvalue weighted by atomic mass is 16.5. The molecule has 11 fully saturated rings. The third-order valence-electron chi connectivity index (χ3n) is 31.3. The second-order valence-electron chi connectivity index (χ2n) is 34.6. The molecular formula is C84H101NO9. The highest BCUT2D eigenvalue weighted by molar-refractivity contribution is 5.86. The molecule has 496 valence electrons. The second kappa shape index (κ2) is 22.3. The molecule has 3 aliphatic heterocycles. The van der Waals surface area contributed by atoms with Crippen molar-refractivity contribution in [3.05, 3.63) is 154 Å². The van der Waals surface area contributed by atoms with Crippen molar-refractivity contribution in [2.75, 3.05) is 7.05 Å². The van der Waals surface area contributed by atoms with Crippen LogP contribution in [-0.2, 0) is 51.4 Å². The topological polar surface area (TPSA) is 166 Å². The van der Waals surface area contributed by atoms with E-state index in [4.69, 9.17) is 9.47 Å². The van der Waals surface area contributed by atoms with Crippen molar-refractivity contribution in [3.63, 3.8) is 0 Å². The summed E-state index contributed by atoms with van der Waals surface area (Å²) in [5, 5.41) is 76.7. The predicted octanol–water partition coefficient (Wildman–Crippen LogP) is 12.4. The van der Waals surface area contributed by atoms with Crippen LogP contribution in [0.5, 0.6) is 0 Å². The molecule has 12 aliphatic carbocycles. The van der Waals surface area contributed by atoms with Crippen LogP contribution in [0.15, 0.2) is 115 Å². The number of aldehydes is 1. The SMILES string of the molecule is CNC1Cc2c(cccc2CO)C#CC2(CCC(Cc3ccccc3)C2)CC23CCC4C5(C=O)CC67C(CC8Cc9cccc(c9)CC9CCC(C9)C(C)C9CCC(C6O8)C5(O)C(C9)C(O)C4(O)C2(O)CC2CC1C1OC(=O)C=C1C23)CC1CC(c2ccccc2)CCC17. The fraction of sp³-hybridized carbons (Fsp3) is 0.643. The van der Waals surface area contributed by atoms with Crippen LogP contribution >= 0.6 is 0 Å². The van der Waals surface area contributed by atoms with Crippen molar-refractivity contribution < 1.29 is 44.6 Å². The van der Waals surface area contributed by atoms with Gasteiger partial charge in [0, 0.05) is 57.6 Å². The maximum Gasteiger partial charge on any atom is 0.331 e. The van der Waals surface area contributed by atoms with Gasteiger partial charge in [-0.05, 0) is 271 Å². The second-order valence-corrected chi connectivity index (χ2v) is 34.6. The molecule has 27 atom stereocenters. The summed E-state index contributed by atoms with van der Waals surface area (Å²) < 4.78 is 14.7. The van der Waals surface area contributed by atoms with Crippen LogP contribution in [-0.4, -0.2) is 92.1 Å². The van der Waals surface area contributed by atoms with Gasteiger partial charge in [-0.25, -0.2) is 4.79 Å². The van der Waals surface area contributed by atoms with E-state index in [9.17, 15) is 15.0 Å². The van der Waals surface area contributed by atoms with Crippen LogP contribution in [0.4, 0.5) is 0 Å². The zero-order valence-corrected chi connectivity index (χ0v) is 55.6. The first-order valence-corrected chi connectivity index (χ1v) is 37.6. The van der Waals surface area contributed by atoms with Gasteiger partial charge in [0.2, 0.25) is 0 Å². The number of hydrogen-bond donors (Lipinski definition) is 6. The number of carbonyl (C=O) groups is 2. The molecule has 94 heavy (non-hydrogen) atoms. The van der Waals surface area contributed by atoms with Crippen LogP contribution in [0.3, 0.4) is 0 Å². The van der Waals surface area contributed by atoms with E-state index in [1.54, 1.807) is 6.08 Å². The van der Waals surface area contributed by atoms with Gasteiger partial charge in [0.1, 0.15) is 23.6 Å². The summed E-state index contributed by atoms with van der Waals surface area (Å²) in [6.07, 6.45) is 18.7. The number of aliphatic hydroxyl groups excluding tert-OH is 2. The van der Waals surface area contributed by atoms with E-state index in [2.05, 4.69) is 115 Å². The Bertz CT molecular complexity index is 3730. The molecule has 12 bridgehead atoms. The normalized spacial score (nSPS) is 48.2. The van der Waals surface area contributed by atoms with Crippen LogP contribution < -0.4 is 5.32 Å². The number of ether oxygens (including phenoxy) is 2. The smallest absolute Gasteiger partial charge is 0.331 e. The molecule has 3 heterocycles. The minimum atomic E-state index is -2.27. The van der Waals surface area contributed by atoms with Crippen LogP contribution in [0.2, 0.25) is 0 Å². The van der Waals surface area contributed by atoms with E-state index in [-0.39, 0.29) is 78.7 Å². The number of carbonyl (C=O) groups excluding carboxylic acids is 2. The number of hydrogen-bond acceptors (Lipinski definition) is 10. The highest BCUT2D eigenvalue weighted by Crippen LogP contribution is 2.82. The lowest BCUT2D eigenvalue weighted by Crippen LogP contribution is -2.87. The summed E-state index contributed by atoms with van der Waals surface area (Å²) >= 11 is 0. The average molecular weight is 1270 g/mol. The van der Waals surface area contributed by atoms with E-state index < -0.39 is 74.3 Å². The van der Waals surface area contributed by atoms with Gasteiger partial charge < -0.3 is 45.1 Å². The van der Waals surface area contributed by atoms with Gasteiger partial charge in [0.25, 0.3) is 0 Å². The van der Waals surface area contributed by atoms with Crippen molar-refractivity contribution in [2.45, 2.75) is 221 Å². The predicted molar refractivity (Wildman–Crippen MR) is 359 cm³/mol. The summed E-state index contributed by atoms with van der Waals surface area (Å²) in [6.45, 7) is 2.32. The maximum absolute atomic E-state index is 16.3. The average Bonchev–Trinajstić information content (AvgIpc) is 1.17. The lowest BCUT2D eigenvalue weighted by molar-refractivity contribution is -0.395. The highest BCUT2D eigenvalue weighted by Gasteiger charge is 2.88. The van der Waals surface area contributed by atoms with Crippen molar-refractivity contribution in [3.8, 4) is 11.8 Å². The number of likely N-dealkylation sites (N-methyl/N-ethyl adjacent to an activating group) is 1.